The fourth-order valence-electron chi connectivity index (χ4n) is 2.16. The van der Waals surface area contributed by atoms with Crippen molar-refractivity contribution in [1.29, 1.82) is 0 Å². The van der Waals surface area contributed by atoms with E-state index in [0.717, 1.165) is 5.69 Å². The van der Waals surface area contributed by atoms with Gasteiger partial charge in [0, 0.05) is 37.5 Å². The average Bonchev–Trinajstić information content (AvgIpc) is 2.78. The molecule has 18 heavy (non-hydrogen) atoms. The van der Waals surface area contributed by atoms with Gasteiger partial charge in [0.1, 0.15) is 0 Å². The third-order valence-corrected chi connectivity index (χ3v) is 3.18. The zero-order chi connectivity index (χ0) is 13.0. The Morgan fingerprint density at radius 3 is 2.78 bits per heavy atom. The SMILES string of the molecule is CCC(=O)NCC1CC(=O)N(c2ccccc2)C1. The normalized spacial score (nSPS) is 19.1. The van der Waals surface area contributed by atoms with Crippen LogP contribution in [0.1, 0.15) is 19.8 Å². The van der Waals surface area contributed by atoms with Gasteiger partial charge >= 0.3 is 0 Å². The van der Waals surface area contributed by atoms with Crippen LogP contribution < -0.4 is 10.2 Å². The van der Waals surface area contributed by atoms with Crippen LogP contribution in [0.5, 0.6) is 0 Å². The maximum Gasteiger partial charge on any atom is 0.227 e. The Morgan fingerprint density at radius 2 is 2.11 bits per heavy atom. The van der Waals surface area contributed by atoms with Crippen LogP contribution in [-0.4, -0.2) is 24.9 Å². The van der Waals surface area contributed by atoms with Crippen molar-refractivity contribution in [1.82, 2.24) is 5.32 Å². The second kappa shape index (κ2) is 5.67. The van der Waals surface area contributed by atoms with Crippen molar-refractivity contribution in [2.45, 2.75) is 19.8 Å². The molecular weight excluding hydrogens is 228 g/mol. The van der Waals surface area contributed by atoms with Crippen molar-refractivity contribution in [3.63, 3.8) is 0 Å². The molecule has 0 saturated carbocycles. The Kier molecular flexibility index (Phi) is 3.97. The molecule has 0 spiro atoms. The number of rotatable bonds is 4. The molecule has 1 aromatic rings. The number of carbonyl (C=O) groups excluding carboxylic acids is 2. The fourth-order valence-corrected chi connectivity index (χ4v) is 2.16. The molecule has 1 aliphatic heterocycles. The molecule has 4 nitrogen and oxygen atoms in total. The highest BCUT2D eigenvalue weighted by Crippen LogP contribution is 2.24. The topological polar surface area (TPSA) is 49.4 Å². The van der Waals surface area contributed by atoms with E-state index in [1.807, 2.05) is 37.3 Å². The summed E-state index contributed by atoms with van der Waals surface area (Å²) in [4.78, 5) is 24.9. The predicted molar refractivity (Wildman–Crippen MR) is 70.2 cm³/mol. The van der Waals surface area contributed by atoms with Gasteiger partial charge in [-0.25, -0.2) is 0 Å². The number of hydrogen-bond donors (Lipinski definition) is 1. The first kappa shape index (κ1) is 12.6. The van der Waals surface area contributed by atoms with E-state index in [-0.39, 0.29) is 17.7 Å². The summed E-state index contributed by atoms with van der Waals surface area (Å²) >= 11 is 0. The first-order valence-electron chi connectivity index (χ1n) is 6.32. The molecule has 1 saturated heterocycles. The molecule has 1 aromatic carbocycles. The molecule has 1 unspecified atom stereocenters. The van der Waals surface area contributed by atoms with Crippen LogP contribution in [0.2, 0.25) is 0 Å². The number of benzene rings is 1. The number of hydrogen-bond acceptors (Lipinski definition) is 2. The smallest absolute Gasteiger partial charge is 0.227 e. The quantitative estimate of drug-likeness (QED) is 0.876. The monoisotopic (exact) mass is 246 g/mol. The van der Waals surface area contributed by atoms with Gasteiger partial charge in [0.2, 0.25) is 11.8 Å². The van der Waals surface area contributed by atoms with E-state index in [9.17, 15) is 9.59 Å². The van der Waals surface area contributed by atoms with Crippen molar-refractivity contribution in [2.24, 2.45) is 5.92 Å². The van der Waals surface area contributed by atoms with E-state index in [2.05, 4.69) is 5.32 Å². The highest BCUT2D eigenvalue weighted by atomic mass is 16.2. The summed E-state index contributed by atoms with van der Waals surface area (Å²) in [5, 5.41) is 2.85. The van der Waals surface area contributed by atoms with Crippen molar-refractivity contribution in [2.75, 3.05) is 18.0 Å². The molecule has 0 aromatic heterocycles. The molecule has 1 aliphatic rings. The number of nitrogens with one attached hydrogen (secondary N) is 1. The molecule has 2 rings (SSSR count). The summed E-state index contributed by atoms with van der Waals surface area (Å²) in [7, 11) is 0. The van der Waals surface area contributed by atoms with Crippen molar-refractivity contribution < 1.29 is 9.59 Å². The van der Waals surface area contributed by atoms with Gasteiger partial charge in [0.05, 0.1) is 0 Å². The Hall–Kier alpha value is -1.84. The number of para-hydroxylation sites is 1. The Morgan fingerprint density at radius 1 is 1.39 bits per heavy atom. The first-order valence-corrected chi connectivity index (χ1v) is 6.32. The van der Waals surface area contributed by atoms with Gasteiger partial charge in [-0.15, -0.1) is 0 Å². The molecule has 1 fully saturated rings. The van der Waals surface area contributed by atoms with Gasteiger partial charge < -0.3 is 10.2 Å². The Labute approximate surface area is 107 Å². The van der Waals surface area contributed by atoms with Gasteiger partial charge in [-0.2, -0.15) is 0 Å². The van der Waals surface area contributed by atoms with Crippen LogP contribution in [0.4, 0.5) is 5.69 Å². The van der Waals surface area contributed by atoms with Gasteiger partial charge in [0.15, 0.2) is 0 Å². The number of anilines is 1. The largest absolute Gasteiger partial charge is 0.356 e. The molecule has 0 aliphatic carbocycles. The Bertz CT molecular complexity index is 431. The average molecular weight is 246 g/mol. The molecular formula is C14H18N2O2. The Balaban J connectivity index is 1.93. The molecule has 96 valence electrons. The van der Waals surface area contributed by atoms with Gasteiger partial charge in [-0.05, 0) is 12.1 Å². The van der Waals surface area contributed by atoms with Crippen molar-refractivity contribution in [3.8, 4) is 0 Å². The van der Waals surface area contributed by atoms with Crippen LogP contribution in [0.15, 0.2) is 30.3 Å². The fraction of sp³-hybridized carbons (Fsp3) is 0.429. The zero-order valence-electron chi connectivity index (χ0n) is 10.6. The number of nitrogens with zero attached hydrogens (tertiary/aromatic N) is 1. The standard InChI is InChI=1S/C14H18N2O2/c1-2-13(17)15-9-11-8-14(18)16(10-11)12-6-4-3-5-7-12/h3-7,11H,2,8-10H2,1H3,(H,15,17). The molecule has 1 atom stereocenters. The number of amides is 2. The van der Waals surface area contributed by atoms with E-state index in [1.165, 1.54) is 0 Å². The summed E-state index contributed by atoms with van der Waals surface area (Å²) in [6, 6.07) is 9.66. The van der Waals surface area contributed by atoms with Crippen molar-refractivity contribution in [3.05, 3.63) is 30.3 Å². The van der Waals surface area contributed by atoms with E-state index >= 15 is 0 Å². The third kappa shape index (κ3) is 2.88. The van der Waals surface area contributed by atoms with Crippen LogP contribution in [0.25, 0.3) is 0 Å². The summed E-state index contributed by atoms with van der Waals surface area (Å²) in [6.45, 7) is 3.10. The first-order chi connectivity index (χ1) is 8.70. The van der Waals surface area contributed by atoms with Gasteiger partial charge in [-0.1, -0.05) is 25.1 Å². The van der Waals surface area contributed by atoms with Crippen LogP contribution >= 0.6 is 0 Å². The molecule has 0 bridgehead atoms. The molecule has 4 heteroatoms. The minimum atomic E-state index is 0.0422. The lowest BCUT2D eigenvalue weighted by molar-refractivity contribution is -0.121. The maximum atomic E-state index is 11.9. The third-order valence-electron chi connectivity index (χ3n) is 3.18. The molecule has 1 N–H and O–H groups in total. The van der Waals surface area contributed by atoms with Gasteiger partial charge in [0.25, 0.3) is 0 Å². The highest BCUT2D eigenvalue weighted by molar-refractivity contribution is 5.95. The predicted octanol–water partition coefficient (Wildman–Crippen LogP) is 1.57. The second-order valence-corrected chi connectivity index (χ2v) is 4.57. The number of carbonyl (C=O) groups is 2. The minimum absolute atomic E-state index is 0.0422. The lowest BCUT2D eigenvalue weighted by atomic mass is 10.1. The van der Waals surface area contributed by atoms with Gasteiger partial charge in [-0.3, -0.25) is 9.59 Å². The summed E-state index contributed by atoms with van der Waals surface area (Å²) in [6.07, 6.45) is 1.00. The highest BCUT2D eigenvalue weighted by Gasteiger charge is 2.30. The van der Waals surface area contributed by atoms with E-state index < -0.39 is 0 Å². The van der Waals surface area contributed by atoms with E-state index in [0.29, 0.717) is 25.9 Å². The molecule has 1 heterocycles. The summed E-state index contributed by atoms with van der Waals surface area (Å²) in [5.41, 5.74) is 0.937. The maximum absolute atomic E-state index is 11.9. The summed E-state index contributed by atoms with van der Waals surface area (Å²) < 4.78 is 0. The second-order valence-electron chi connectivity index (χ2n) is 4.57. The molecule has 0 radical (unpaired) electrons. The molecule has 2 amide bonds. The summed E-state index contributed by atoms with van der Waals surface area (Å²) in [5.74, 6) is 0.394. The lowest BCUT2D eigenvalue weighted by Gasteiger charge is -2.16. The minimum Gasteiger partial charge on any atom is -0.356 e. The van der Waals surface area contributed by atoms with Crippen LogP contribution in [0.3, 0.4) is 0 Å². The lowest BCUT2D eigenvalue weighted by Crippen LogP contribution is -2.30. The van der Waals surface area contributed by atoms with E-state index in [1.54, 1.807) is 4.90 Å². The van der Waals surface area contributed by atoms with Crippen LogP contribution in [-0.2, 0) is 9.59 Å². The van der Waals surface area contributed by atoms with Crippen LogP contribution in [0, 0.1) is 5.92 Å². The van der Waals surface area contributed by atoms with Crippen molar-refractivity contribution >= 4 is 17.5 Å². The van der Waals surface area contributed by atoms with E-state index in [4.69, 9.17) is 0 Å². The zero-order valence-corrected chi connectivity index (χ0v) is 10.6.